The van der Waals surface area contributed by atoms with Gasteiger partial charge in [-0.25, -0.2) is 0 Å². The van der Waals surface area contributed by atoms with Gasteiger partial charge in [0.2, 0.25) is 5.91 Å². The molecule has 2 aliphatic heterocycles. The topological polar surface area (TPSA) is 60.9 Å². The molecule has 1 atom stereocenters. The number of carboxylic acids is 1. The molecule has 1 amide bonds. The zero-order valence-corrected chi connectivity index (χ0v) is 11.0. The summed E-state index contributed by atoms with van der Waals surface area (Å²) in [6.45, 7) is 5.19. The second-order valence-electron chi connectivity index (χ2n) is 5.48. The van der Waals surface area contributed by atoms with E-state index in [0.717, 1.165) is 39.0 Å². The molecule has 0 aliphatic carbocycles. The monoisotopic (exact) mass is 254 g/mol. The largest absolute Gasteiger partial charge is 0.481 e. The first-order valence-corrected chi connectivity index (χ1v) is 6.82. The summed E-state index contributed by atoms with van der Waals surface area (Å²) in [5.74, 6) is -0.308. The van der Waals surface area contributed by atoms with Crippen LogP contribution in [0.5, 0.6) is 0 Å². The van der Waals surface area contributed by atoms with E-state index in [-0.39, 0.29) is 24.3 Å². The summed E-state index contributed by atoms with van der Waals surface area (Å²) in [7, 11) is 0. The van der Waals surface area contributed by atoms with Crippen LogP contribution in [-0.4, -0.2) is 59.0 Å². The first-order chi connectivity index (χ1) is 8.58. The Balaban J connectivity index is 1.76. The lowest BCUT2D eigenvalue weighted by molar-refractivity contribution is -0.143. The van der Waals surface area contributed by atoms with Crippen molar-refractivity contribution in [2.24, 2.45) is 5.92 Å². The third-order valence-corrected chi connectivity index (χ3v) is 4.02. The highest BCUT2D eigenvalue weighted by atomic mass is 16.4. The highest BCUT2D eigenvalue weighted by molar-refractivity contribution is 5.81. The fraction of sp³-hybridized carbons (Fsp3) is 0.846. The molecule has 2 heterocycles. The van der Waals surface area contributed by atoms with Crippen molar-refractivity contribution in [2.45, 2.75) is 38.6 Å². The van der Waals surface area contributed by atoms with Gasteiger partial charge in [-0.2, -0.15) is 0 Å². The average Bonchev–Trinajstić information content (AvgIpc) is 2.32. The van der Waals surface area contributed by atoms with Gasteiger partial charge in [-0.05, 0) is 32.1 Å². The predicted octanol–water partition coefficient (Wildman–Crippen LogP) is 0.794. The molecule has 0 saturated carbocycles. The summed E-state index contributed by atoms with van der Waals surface area (Å²) in [5, 5.41) is 8.69. The van der Waals surface area contributed by atoms with Crippen molar-refractivity contribution < 1.29 is 14.7 Å². The number of carboxylic acid groups (broad SMARTS) is 1. The summed E-state index contributed by atoms with van der Waals surface area (Å²) < 4.78 is 0. The standard InChI is InChI=1S/C13H22N2O3/c1-10(13(18)14-5-3-2-4-6-14)15-8-11(9-15)7-12(16)17/h10-11H,2-9H2,1H3,(H,16,17). The van der Waals surface area contributed by atoms with Crippen molar-refractivity contribution >= 4 is 11.9 Å². The minimum Gasteiger partial charge on any atom is -0.481 e. The van der Waals surface area contributed by atoms with Gasteiger partial charge in [-0.3, -0.25) is 14.5 Å². The van der Waals surface area contributed by atoms with Gasteiger partial charge in [0.1, 0.15) is 0 Å². The van der Waals surface area contributed by atoms with Crippen LogP contribution in [0.25, 0.3) is 0 Å². The molecule has 1 N–H and O–H groups in total. The molecule has 5 heteroatoms. The fourth-order valence-corrected chi connectivity index (χ4v) is 2.84. The Morgan fingerprint density at radius 3 is 2.39 bits per heavy atom. The number of carbonyl (C=O) groups is 2. The smallest absolute Gasteiger partial charge is 0.303 e. The fourth-order valence-electron chi connectivity index (χ4n) is 2.84. The minimum atomic E-state index is -0.741. The van der Waals surface area contributed by atoms with Gasteiger partial charge < -0.3 is 10.0 Å². The van der Waals surface area contributed by atoms with Crippen LogP contribution in [-0.2, 0) is 9.59 Å². The molecule has 2 fully saturated rings. The van der Waals surface area contributed by atoms with E-state index in [1.54, 1.807) is 0 Å². The van der Waals surface area contributed by atoms with E-state index >= 15 is 0 Å². The second kappa shape index (κ2) is 5.69. The van der Waals surface area contributed by atoms with Crippen LogP contribution in [0, 0.1) is 5.92 Å². The zero-order chi connectivity index (χ0) is 13.1. The lowest BCUT2D eigenvalue weighted by Crippen LogP contribution is -2.57. The van der Waals surface area contributed by atoms with Gasteiger partial charge in [0.25, 0.3) is 0 Å². The lowest BCUT2D eigenvalue weighted by atomic mass is 9.94. The molecule has 2 aliphatic rings. The number of aliphatic carboxylic acids is 1. The highest BCUT2D eigenvalue weighted by Gasteiger charge is 2.36. The van der Waals surface area contributed by atoms with Crippen molar-refractivity contribution in [1.82, 2.24) is 9.80 Å². The predicted molar refractivity (Wildman–Crippen MR) is 67.2 cm³/mol. The number of nitrogens with zero attached hydrogens (tertiary/aromatic N) is 2. The van der Waals surface area contributed by atoms with E-state index in [1.807, 2.05) is 11.8 Å². The number of carbonyl (C=O) groups excluding carboxylic acids is 1. The van der Waals surface area contributed by atoms with E-state index in [4.69, 9.17) is 5.11 Å². The first kappa shape index (κ1) is 13.3. The third-order valence-electron chi connectivity index (χ3n) is 4.02. The Labute approximate surface area is 108 Å². The van der Waals surface area contributed by atoms with Crippen LogP contribution in [0.1, 0.15) is 32.6 Å². The van der Waals surface area contributed by atoms with Gasteiger partial charge in [0.15, 0.2) is 0 Å². The van der Waals surface area contributed by atoms with Crippen LogP contribution >= 0.6 is 0 Å². The molecule has 0 aromatic rings. The average molecular weight is 254 g/mol. The van der Waals surface area contributed by atoms with Gasteiger partial charge in [0, 0.05) is 26.2 Å². The normalized spacial score (nSPS) is 23.5. The van der Waals surface area contributed by atoms with Gasteiger partial charge in [-0.1, -0.05) is 0 Å². The second-order valence-corrected chi connectivity index (χ2v) is 5.48. The molecule has 5 nitrogen and oxygen atoms in total. The maximum atomic E-state index is 12.2. The Kier molecular flexibility index (Phi) is 4.22. The summed E-state index contributed by atoms with van der Waals surface area (Å²) in [6.07, 6.45) is 3.67. The molecule has 0 spiro atoms. The summed E-state index contributed by atoms with van der Waals surface area (Å²) in [4.78, 5) is 26.8. The van der Waals surface area contributed by atoms with E-state index in [0.29, 0.717) is 0 Å². The van der Waals surface area contributed by atoms with E-state index < -0.39 is 5.97 Å². The van der Waals surface area contributed by atoms with Crippen molar-refractivity contribution in [1.29, 1.82) is 0 Å². The van der Waals surface area contributed by atoms with Crippen LogP contribution in [0.15, 0.2) is 0 Å². The van der Waals surface area contributed by atoms with Crippen LogP contribution in [0.2, 0.25) is 0 Å². The van der Waals surface area contributed by atoms with Crippen LogP contribution < -0.4 is 0 Å². The Hall–Kier alpha value is -1.10. The minimum absolute atomic E-state index is 0.0897. The highest BCUT2D eigenvalue weighted by Crippen LogP contribution is 2.23. The molecule has 0 bridgehead atoms. The van der Waals surface area contributed by atoms with E-state index in [2.05, 4.69) is 4.90 Å². The van der Waals surface area contributed by atoms with Crippen LogP contribution in [0.3, 0.4) is 0 Å². The number of amides is 1. The lowest BCUT2D eigenvalue weighted by Gasteiger charge is -2.43. The van der Waals surface area contributed by atoms with Crippen molar-refractivity contribution in [2.75, 3.05) is 26.2 Å². The summed E-state index contributed by atoms with van der Waals surface area (Å²) in [5.41, 5.74) is 0. The van der Waals surface area contributed by atoms with Gasteiger partial charge in [-0.15, -0.1) is 0 Å². The molecule has 1 unspecified atom stereocenters. The SMILES string of the molecule is CC(C(=O)N1CCCCC1)N1CC(CC(=O)O)C1. The van der Waals surface area contributed by atoms with Crippen LogP contribution in [0.4, 0.5) is 0 Å². The molecule has 2 rings (SSSR count). The maximum Gasteiger partial charge on any atom is 0.303 e. The number of likely N-dealkylation sites (tertiary alicyclic amines) is 2. The molecular formula is C13H22N2O3. The third kappa shape index (κ3) is 3.02. The van der Waals surface area contributed by atoms with Gasteiger partial charge in [0.05, 0.1) is 12.5 Å². The van der Waals surface area contributed by atoms with E-state index in [9.17, 15) is 9.59 Å². The summed E-state index contributed by atoms with van der Waals surface area (Å²) in [6, 6.07) is -0.0897. The number of rotatable bonds is 4. The van der Waals surface area contributed by atoms with Crippen molar-refractivity contribution in [3.63, 3.8) is 0 Å². The molecule has 102 valence electrons. The quantitative estimate of drug-likeness (QED) is 0.806. The van der Waals surface area contributed by atoms with Gasteiger partial charge >= 0.3 is 5.97 Å². The first-order valence-electron chi connectivity index (χ1n) is 6.82. The Morgan fingerprint density at radius 1 is 1.22 bits per heavy atom. The molecule has 2 saturated heterocycles. The summed E-state index contributed by atoms with van der Waals surface area (Å²) >= 11 is 0. The van der Waals surface area contributed by atoms with Crippen molar-refractivity contribution in [3.8, 4) is 0 Å². The van der Waals surface area contributed by atoms with E-state index in [1.165, 1.54) is 6.42 Å². The molecule has 0 aromatic heterocycles. The Morgan fingerprint density at radius 2 is 1.83 bits per heavy atom. The number of hydrogen-bond acceptors (Lipinski definition) is 3. The molecule has 0 radical (unpaired) electrons. The molecule has 0 aromatic carbocycles. The Bertz CT molecular complexity index is 320. The number of hydrogen-bond donors (Lipinski definition) is 1. The van der Waals surface area contributed by atoms with Crippen molar-refractivity contribution in [3.05, 3.63) is 0 Å². The maximum absolute atomic E-state index is 12.2. The number of piperidine rings is 1. The molecule has 18 heavy (non-hydrogen) atoms. The molecular weight excluding hydrogens is 232 g/mol. The zero-order valence-electron chi connectivity index (χ0n) is 11.0.